The van der Waals surface area contributed by atoms with Crippen LogP contribution in [0.5, 0.6) is 0 Å². The first-order valence-corrected chi connectivity index (χ1v) is 7.31. The number of aliphatic carboxylic acids is 2. The second kappa shape index (κ2) is 11.1. The molecule has 0 atom stereocenters. The largest absolute Gasteiger partial charge is 0.508 e. The SMILES string of the molecule is CCOC(=O)OCC(CCCC(=O)O)(COC(=O)OCC)C(=O)O. The first-order valence-electron chi connectivity index (χ1n) is 7.31. The molecule has 2 N–H and O–H groups in total. The first kappa shape index (κ1) is 21.5. The Morgan fingerprint density at radius 3 is 1.62 bits per heavy atom. The highest BCUT2D eigenvalue weighted by Crippen LogP contribution is 2.27. The molecule has 0 fully saturated rings. The van der Waals surface area contributed by atoms with E-state index in [1.807, 2.05) is 0 Å². The predicted octanol–water partition coefficient (Wildman–Crippen LogP) is 1.66. The average molecular weight is 350 g/mol. The van der Waals surface area contributed by atoms with E-state index in [1.54, 1.807) is 13.8 Å². The molecule has 0 saturated heterocycles. The molecule has 0 saturated carbocycles. The molecule has 10 heteroatoms. The maximum atomic E-state index is 11.6. The van der Waals surface area contributed by atoms with Gasteiger partial charge in [-0.1, -0.05) is 0 Å². The van der Waals surface area contributed by atoms with Crippen LogP contribution < -0.4 is 0 Å². The predicted molar refractivity (Wildman–Crippen MR) is 77.5 cm³/mol. The smallest absolute Gasteiger partial charge is 0.481 e. The van der Waals surface area contributed by atoms with Crippen molar-refractivity contribution in [2.75, 3.05) is 26.4 Å². The Morgan fingerprint density at radius 1 is 0.833 bits per heavy atom. The summed E-state index contributed by atoms with van der Waals surface area (Å²) in [5, 5.41) is 18.1. The van der Waals surface area contributed by atoms with Crippen LogP contribution in [-0.2, 0) is 28.5 Å². The van der Waals surface area contributed by atoms with E-state index in [0.717, 1.165) is 0 Å². The Hall–Kier alpha value is -2.52. The minimum absolute atomic E-state index is 0.0139. The molecule has 0 aromatic heterocycles. The summed E-state index contributed by atoms with van der Waals surface area (Å²) in [6.45, 7) is 1.89. The van der Waals surface area contributed by atoms with Gasteiger partial charge in [-0.15, -0.1) is 0 Å². The Bertz CT molecular complexity index is 423. The van der Waals surface area contributed by atoms with Crippen molar-refractivity contribution in [3.05, 3.63) is 0 Å². The van der Waals surface area contributed by atoms with Gasteiger partial charge in [0.25, 0.3) is 0 Å². The fraction of sp³-hybridized carbons (Fsp3) is 0.714. The van der Waals surface area contributed by atoms with E-state index in [-0.39, 0.29) is 32.5 Å². The third-order valence-corrected chi connectivity index (χ3v) is 2.96. The van der Waals surface area contributed by atoms with Gasteiger partial charge < -0.3 is 29.2 Å². The van der Waals surface area contributed by atoms with Crippen molar-refractivity contribution in [1.29, 1.82) is 0 Å². The van der Waals surface area contributed by atoms with Crippen LogP contribution in [-0.4, -0.2) is 60.9 Å². The van der Waals surface area contributed by atoms with Crippen LogP contribution in [0.1, 0.15) is 33.1 Å². The normalized spacial score (nSPS) is 10.6. The topological polar surface area (TPSA) is 146 Å². The molecule has 24 heavy (non-hydrogen) atoms. The van der Waals surface area contributed by atoms with Gasteiger partial charge in [-0.3, -0.25) is 9.59 Å². The minimum Gasteiger partial charge on any atom is -0.481 e. The molecule has 10 nitrogen and oxygen atoms in total. The van der Waals surface area contributed by atoms with E-state index in [9.17, 15) is 24.3 Å². The molecule has 0 unspecified atom stereocenters. The van der Waals surface area contributed by atoms with Crippen molar-refractivity contribution in [2.45, 2.75) is 33.1 Å². The second-order valence-corrected chi connectivity index (χ2v) is 4.78. The number of ether oxygens (including phenoxy) is 4. The number of hydrogen-bond acceptors (Lipinski definition) is 8. The van der Waals surface area contributed by atoms with Gasteiger partial charge in [-0.25, -0.2) is 9.59 Å². The quantitative estimate of drug-likeness (QED) is 0.527. The monoisotopic (exact) mass is 350 g/mol. The zero-order valence-corrected chi connectivity index (χ0v) is 13.6. The number of carbonyl (C=O) groups excluding carboxylic acids is 2. The Labute approximate surface area is 138 Å². The Morgan fingerprint density at radius 2 is 1.29 bits per heavy atom. The average Bonchev–Trinajstić information content (AvgIpc) is 2.49. The molecule has 0 spiro atoms. The summed E-state index contributed by atoms with van der Waals surface area (Å²) in [5.41, 5.74) is -1.80. The van der Waals surface area contributed by atoms with Crippen LogP contribution in [0.3, 0.4) is 0 Å². The van der Waals surface area contributed by atoms with Crippen molar-refractivity contribution in [2.24, 2.45) is 5.41 Å². The highest BCUT2D eigenvalue weighted by molar-refractivity contribution is 5.76. The Kier molecular flexibility index (Phi) is 9.92. The zero-order chi connectivity index (χ0) is 18.6. The zero-order valence-electron chi connectivity index (χ0n) is 13.6. The lowest BCUT2D eigenvalue weighted by Gasteiger charge is -2.27. The summed E-state index contributed by atoms with van der Waals surface area (Å²) in [5.74, 6) is -2.51. The van der Waals surface area contributed by atoms with Gasteiger partial charge >= 0.3 is 24.2 Å². The van der Waals surface area contributed by atoms with Crippen molar-refractivity contribution >= 4 is 24.2 Å². The molecular weight excluding hydrogens is 328 g/mol. The maximum Gasteiger partial charge on any atom is 0.508 e. The molecule has 0 heterocycles. The van der Waals surface area contributed by atoms with E-state index in [2.05, 4.69) is 9.47 Å². The van der Waals surface area contributed by atoms with Gasteiger partial charge in [-0.05, 0) is 26.7 Å². The van der Waals surface area contributed by atoms with E-state index >= 15 is 0 Å². The second-order valence-electron chi connectivity index (χ2n) is 4.78. The third kappa shape index (κ3) is 8.20. The summed E-state index contributed by atoms with van der Waals surface area (Å²) in [7, 11) is 0. The van der Waals surface area contributed by atoms with Gasteiger partial charge in [0, 0.05) is 6.42 Å². The first-order chi connectivity index (χ1) is 11.3. The van der Waals surface area contributed by atoms with Crippen LogP contribution in [0, 0.1) is 5.41 Å². The highest BCUT2D eigenvalue weighted by Gasteiger charge is 2.42. The maximum absolute atomic E-state index is 11.6. The molecule has 0 aliphatic carbocycles. The standard InChI is InChI=1S/C14H22O10/c1-3-21-12(19)23-8-14(11(17)18,7-5-6-10(15)16)9-24-13(20)22-4-2/h3-9H2,1-2H3,(H,15,16)(H,17,18). The lowest BCUT2D eigenvalue weighted by Crippen LogP contribution is -2.42. The fourth-order valence-corrected chi connectivity index (χ4v) is 1.71. The number of rotatable bonds is 11. The molecule has 0 bridgehead atoms. The van der Waals surface area contributed by atoms with E-state index < -0.39 is 42.9 Å². The van der Waals surface area contributed by atoms with Crippen LogP contribution in [0.15, 0.2) is 0 Å². The molecule has 138 valence electrons. The van der Waals surface area contributed by atoms with Crippen LogP contribution in [0.4, 0.5) is 9.59 Å². The Balaban J connectivity index is 5.00. The number of carbonyl (C=O) groups is 4. The number of carboxylic acids is 2. The minimum atomic E-state index is -1.80. The number of hydrogen-bond donors (Lipinski definition) is 2. The number of carboxylic acid groups (broad SMARTS) is 2. The van der Waals surface area contributed by atoms with Gasteiger partial charge in [0.1, 0.15) is 18.6 Å². The van der Waals surface area contributed by atoms with Crippen LogP contribution >= 0.6 is 0 Å². The van der Waals surface area contributed by atoms with Crippen LogP contribution in [0.2, 0.25) is 0 Å². The molecule has 0 radical (unpaired) electrons. The van der Waals surface area contributed by atoms with Crippen molar-refractivity contribution in [3.8, 4) is 0 Å². The van der Waals surface area contributed by atoms with Crippen LogP contribution in [0.25, 0.3) is 0 Å². The van der Waals surface area contributed by atoms with E-state index in [0.29, 0.717) is 0 Å². The third-order valence-electron chi connectivity index (χ3n) is 2.96. The van der Waals surface area contributed by atoms with Crippen molar-refractivity contribution in [3.63, 3.8) is 0 Å². The highest BCUT2D eigenvalue weighted by atomic mass is 16.7. The molecule has 0 aromatic carbocycles. The lowest BCUT2D eigenvalue weighted by atomic mass is 9.84. The molecular formula is C14H22O10. The summed E-state index contributed by atoms with van der Waals surface area (Å²) >= 11 is 0. The van der Waals surface area contributed by atoms with Gasteiger partial charge in [0.15, 0.2) is 0 Å². The van der Waals surface area contributed by atoms with E-state index in [1.165, 1.54) is 0 Å². The van der Waals surface area contributed by atoms with E-state index in [4.69, 9.17) is 14.6 Å². The molecule has 0 amide bonds. The fourth-order valence-electron chi connectivity index (χ4n) is 1.71. The molecule has 0 aliphatic heterocycles. The van der Waals surface area contributed by atoms with Crippen molar-refractivity contribution < 1.29 is 48.3 Å². The summed E-state index contributed by atoms with van der Waals surface area (Å²) in [6, 6.07) is 0. The molecule has 0 aromatic rings. The van der Waals surface area contributed by atoms with Crippen molar-refractivity contribution in [1.82, 2.24) is 0 Å². The summed E-state index contributed by atoms with van der Waals surface area (Å²) < 4.78 is 18.6. The summed E-state index contributed by atoms with van der Waals surface area (Å²) in [4.78, 5) is 44.8. The molecule has 0 rings (SSSR count). The van der Waals surface area contributed by atoms with Gasteiger partial charge in [0.2, 0.25) is 0 Å². The molecule has 0 aliphatic rings. The lowest BCUT2D eigenvalue weighted by molar-refractivity contribution is -0.157. The summed E-state index contributed by atoms with van der Waals surface area (Å²) in [6.07, 6.45) is -2.63. The van der Waals surface area contributed by atoms with Gasteiger partial charge in [0.05, 0.1) is 13.2 Å². The van der Waals surface area contributed by atoms with Gasteiger partial charge in [-0.2, -0.15) is 0 Å².